The number of hydrogen-bond donors (Lipinski definition) is 1. The zero-order chi connectivity index (χ0) is 20.3. The molecule has 0 bridgehead atoms. The summed E-state index contributed by atoms with van der Waals surface area (Å²) in [6.07, 6.45) is 0.986. The fourth-order valence-corrected chi connectivity index (χ4v) is 3.25. The number of halogens is 1. The lowest BCUT2D eigenvalue weighted by Gasteiger charge is -2.31. The predicted molar refractivity (Wildman–Crippen MR) is 101 cm³/mol. The van der Waals surface area contributed by atoms with E-state index < -0.39 is 10.7 Å². The molecule has 1 heterocycles. The second-order valence-electron chi connectivity index (χ2n) is 6.82. The van der Waals surface area contributed by atoms with Gasteiger partial charge in [0, 0.05) is 41.9 Å². The molecule has 0 aromatic heterocycles. The zero-order valence-corrected chi connectivity index (χ0v) is 15.4. The highest BCUT2D eigenvalue weighted by Gasteiger charge is 2.28. The molecule has 1 aliphatic rings. The molecule has 146 valence electrons. The quantitative estimate of drug-likeness (QED) is 0.644. The van der Waals surface area contributed by atoms with E-state index in [4.69, 9.17) is 0 Å². The van der Waals surface area contributed by atoms with E-state index in [1.54, 1.807) is 24.0 Å². The Labute approximate surface area is 161 Å². The topological polar surface area (TPSA) is 92.6 Å². The van der Waals surface area contributed by atoms with Crippen LogP contribution in [0.2, 0.25) is 0 Å². The number of aryl methyl sites for hydroxylation is 1. The van der Waals surface area contributed by atoms with Crippen LogP contribution in [0, 0.1) is 28.8 Å². The fraction of sp³-hybridized carbons (Fsp3) is 0.300. The Balaban J connectivity index is 1.58. The van der Waals surface area contributed by atoms with Crippen LogP contribution in [-0.4, -0.2) is 34.7 Å². The van der Waals surface area contributed by atoms with Gasteiger partial charge in [0.2, 0.25) is 5.91 Å². The number of rotatable bonds is 4. The molecule has 0 aliphatic carbocycles. The van der Waals surface area contributed by atoms with Crippen molar-refractivity contribution in [2.24, 2.45) is 5.92 Å². The van der Waals surface area contributed by atoms with Gasteiger partial charge in [0.1, 0.15) is 5.82 Å². The molecule has 2 aromatic carbocycles. The minimum atomic E-state index is -0.482. The summed E-state index contributed by atoms with van der Waals surface area (Å²) in [5.74, 6) is -1.08. The molecule has 1 fully saturated rings. The number of piperidine rings is 1. The van der Waals surface area contributed by atoms with Crippen molar-refractivity contribution in [1.82, 2.24) is 4.90 Å². The van der Waals surface area contributed by atoms with Crippen molar-refractivity contribution in [2.45, 2.75) is 19.8 Å². The first-order chi connectivity index (χ1) is 13.3. The summed E-state index contributed by atoms with van der Waals surface area (Å²) < 4.78 is 13.0. The highest BCUT2D eigenvalue weighted by atomic mass is 19.1. The van der Waals surface area contributed by atoms with Crippen LogP contribution in [0.25, 0.3) is 0 Å². The van der Waals surface area contributed by atoms with E-state index >= 15 is 0 Å². The first kappa shape index (κ1) is 19.5. The standard InChI is InChI=1S/C20H20FN3O4/c1-13-2-7-17(12-18(13)24(27)28)22-19(25)14-8-10-23(11-9-14)20(26)15-3-5-16(21)6-4-15/h2-7,12,14H,8-11H2,1H3,(H,22,25). The van der Waals surface area contributed by atoms with Gasteiger partial charge >= 0.3 is 0 Å². The van der Waals surface area contributed by atoms with Crippen LogP contribution in [0.4, 0.5) is 15.8 Å². The highest BCUT2D eigenvalue weighted by molar-refractivity contribution is 5.95. The molecule has 2 aromatic rings. The molecule has 1 saturated heterocycles. The molecule has 8 heteroatoms. The van der Waals surface area contributed by atoms with E-state index in [0.29, 0.717) is 42.7 Å². The zero-order valence-electron chi connectivity index (χ0n) is 15.4. The van der Waals surface area contributed by atoms with Gasteiger partial charge in [0.15, 0.2) is 0 Å². The van der Waals surface area contributed by atoms with Gasteiger partial charge in [-0.15, -0.1) is 0 Å². The van der Waals surface area contributed by atoms with Crippen LogP contribution >= 0.6 is 0 Å². The maximum atomic E-state index is 13.0. The average molecular weight is 385 g/mol. The largest absolute Gasteiger partial charge is 0.339 e. The lowest BCUT2D eigenvalue weighted by molar-refractivity contribution is -0.385. The number of nitrogens with zero attached hydrogens (tertiary/aromatic N) is 2. The van der Waals surface area contributed by atoms with E-state index in [0.717, 1.165) is 0 Å². The number of carbonyl (C=O) groups excluding carboxylic acids is 2. The second-order valence-corrected chi connectivity index (χ2v) is 6.82. The van der Waals surface area contributed by atoms with Gasteiger partial charge in [-0.2, -0.15) is 0 Å². The molecule has 2 amide bonds. The molecular weight excluding hydrogens is 365 g/mol. The first-order valence-corrected chi connectivity index (χ1v) is 8.96. The van der Waals surface area contributed by atoms with Gasteiger partial charge in [0.25, 0.3) is 11.6 Å². The van der Waals surface area contributed by atoms with E-state index in [1.165, 1.54) is 30.3 Å². The predicted octanol–water partition coefficient (Wildman–Crippen LogP) is 3.53. The van der Waals surface area contributed by atoms with Crippen LogP contribution < -0.4 is 5.32 Å². The van der Waals surface area contributed by atoms with Gasteiger partial charge in [0.05, 0.1) is 4.92 Å². The van der Waals surface area contributed by atoms with E-state index in [9.17, 15) is 24.1 Å². The van der Waals surface area contributed by atoms with Crippen LogP contribution in [0.15, 0.2) is 42.5 Å². The summed E-state index contributed by atoms with van der Waals surface area (Å²) in [5.41, 5.74) is 1.27. The summed E-state index contributed by atoms with van der Waals surface area (Å²) >= 11 is 0. The fourth-order valence-electron chi connectivity index (χ4n) is 3.25. The van der Waals surface area contributed by atoms with Crippen molar-refractivity contribution < 1.29 is 18.9 Å². The summed E-state index contributed by atoms with van der Waals surface area (Å²) in [6.45, 7) is 2.47. The summed E-state index contributed by atoms with van der Waals surface area (Å²) in [7, 11) is 0. The monoisotopic (exact) mass is 385 g/mol. The van der Waals surface area contributed by atoms with E-state index in [2.05, 4.69) is 5.32 Å². The number of anilines is 1. The lowest BCUT2D eigenvalue weighted by atomic mass is 9.95. The SMILES string of the molecule is Cc1ccc(NC(=O)C2CCN(C(=O)c3ccc(F)cc3)CC2)cc1[N+](=O)[O-]. The van der Waals surface area contributed by atoms with Crippen molar-refractivity contribution >= 4 is 23.2 Å². The van der Waals surface area contributed by atoms with Crippen molar-refractivity contribution in [3.8, 4) is 0 Å². The minimum absolute atomic E-state index is 0.0440. The molecule has 1 aliphatic heterocycles. The molecular formula is C20H20FN3O4. The Morgan fingerprint density at radius 3 is 2.39 bits per heavy atom. The van der Waals surface area contributed by atoms with Crippen molar-refractivity contribution in [3.05, 3.63) is 69.5 Å². The van der Waals surface area contributed by atoms with Gasteiger partial charge in [-0.1, -0.05) is 6.07 Å². The van der Waals surface area contributed by atoms with Crippen LogP contribution in [0.3, 0.4) is 0 Å². The molecule has 0 spiro atoms. The lowest BCUT2D eigenvalue weighted by Crippen LogP contribution is -2.41. The number of likely N-dealkylation sites (tertiary alicyclic amines) is 1. The van der Waals surface area contributed by atoms with Gasteiger partial charge in [-0.25, -0.2) is 4.39 Å². The third-order valence-corrected chi connectivity index (χ3v) is 4.92. The number of nitro benzene ring substituents is 1. The van der Waals surface area contributed by atoms with Gasteiger partial charge in [-0.3, -0.25) is 19.7 Å². The molecule has 3 rings (SSSR count). The number of carbonyl (C=O) groups is 2. The first-order valence-electron chi connectivity index (χ1n) is 8.96. The molecule has 7 nitrogen and oxygen atoms in total. The molecule has 28 heavy (non-hydrogen) atoms. The van der Waals surface area contributed by atoms with E-state index in [1.807, 2.05) is 0 Å². The van der Waals surface area contributed by atoms with Gasteiger partial charge in [-0.05, 0) is 50.1 Å². The Morgan fingerprint density at radius 2 is 1.79 bits per heavy atom. The summed E-state index contributed by atoms with van der Waals surface area (Å²) in [4.78, 5) is 37.1. The third kappa shape index (κ3) is 4.33. The molecule has 0 unspecified atom stereocenters. The number of amides is 2. The number of benzene rings is 2. The summed E-state index contributed by atoms with van der Waals surface area (Å²) in [6, 6.07) is 9.95. The maximum Gasteiger partial charge on any atom is 0.274 e. The summed E-state index contributed by atoms with van der Waals surface area (Å²) in [5, 5.41) is 13.8. The van der Waals surface area contributed by atoms with Gasteiger partial charge < -0.3 is 10.2 Å². The Hall–Kier alpha value is -3.29. The normalized spacial score (nSPS) is 14.6. The number of hydrogen-bond acceptors (Lipinski definition) is 4. The van der Waals surface area contributed by atoms with Crippen molar-refractivity contribution in [3.63, 3.8) is 0 Å². The smallest absolute Gasteiger partial charge is 0.274 e. The van der Waals surface area contributed by atoms with Crippen LogP contribution in [-0.2, 0) is 4.79 Å². The molecule has 0 saturated carbocycles. The Kier molecular flexibility index (Phi) is 5.67. The van der Waals surface area contributed by atoms with Crippen molar-refractivity contribution in [1.29, 1.82) is 0 Å². The second kappa shape index (κ2) is 8.16. The number of nitrogens with one attached hydrogen (secondary N) is 1. The molecule has 1 N–H and O–H groups in total. The molecule has 0 radical (unpaired) electrons. The Bertz CT molecular complexity index is 906. The third-order valence-electron chi connectivity index (χ3n) is 4.92. The molecule has 0 atom stereocenters. The Morgan fingerprint density at radius 1 is 1.14 bits per heavy atom. The van der Waals surface area contributed by atoms with E-state index in [-0.39, 0.29) is 23.4 Å². The average Bonchev–Trinajstić information content (AvgIpc) is 2.69. The minimum Gasteiger partial charge on any atom is -0.339 e. The van der Waals surface area contributed by atoms with Crippen molar-refractivity contribution in [2.75, 3.05) is 18.4 Å². The number of nitro groups is 1. The highest BCUT2D eigenvalue weighted by Crippen LogP contribution is 2.25. The van der Waals surface area contributed by atoms with Crippen LogP contribution in [0.1, 0.15) is 28.8 Å². The maximum absolute atomic E-state index is 13.0. The van der Waals surface area contributed by atoms with Crippen LogP contribution in [0.5, 0.6) is 0 Å².